The molecule has 0 saturated heterocycles. The fourth-order valence-corrected chi connectivity index (χ4v) is 3.85. The van der Waals surface area contributed by atoms with Crippen LogP contribution in [0, 0.1) is 0 Å². The molecule has 0 bridgehead atoms. The second kappa shape index (κ2) is 4.89. The minimum atomic E-state index is 0.698. The van der Waals surface area contributed by atoms with E-state index in [4.69, 9.17) is 0 Å². The summed E-state index contributed by atoms with van der Waals surface area (Å²) in [6.07, 6.45) is 4.33. The maximum Gasteiger partial charge on any atom is 0.0970 e. The van der Waals surface area contributed by atoms with Gasteiger partial charge in [0.2, 0.25) is 0 Å². The third-order valence-corrected chi connectivity index (χ3v) is 4.94. The Labute approximate surface area is 136 Å². The molecule has 1 aliphatic carbocycles. The predicted molar refractivity (Wildman–Crippen MR) is 89.3 cm³/mol. The summed E-state index contributed by atoms with van der Waals surface area (Å²) < 4.78 is 0. The molecule has 112 valence electrons. The van der Waals surface area contributed by atoms with Crippen LogP contribution in [0.2, 0.25) is 0 Å². The highest BCUT2D eigenvalue weighted by Crippen LogP contribution is 2.40. The van der Waals surface area contributed by atoms with Gasteiger partial charge >= 0.3 is 0 Å². The fraction of sp³-hybridized carbons (Fsp3) is 0.118. The van der Waals surface area contributed by atoms with Gasteiger partial charge < -0.3 is 0 Å². The summed E-state index contributed by atoms with van der Waals surface area (Å²) in [4.78, 5) is 1.70. The molecule has 0 saturated carbocycles. The number of fused-ring (bicyclic) bond motifs is 3. The van der Waals surface area contributed by atoms with Crippen molar-refractivity contribution in [3.05, 3.63) is 64.1 Å². The second-order valence-corrected chi connectivity index (χ2v) is 6.45. The van der Waals surface area contributed by atoms with Crippen LogP contribution < -0.4 is 0 Å². The van der Waals surface area contributed by atoms with Gasteiger partial charge in [-0.2, -0.15) is 31.4 Å². The highest BCUT2D eigenvalue weighted by molar-refractivity contribution is 7.08. The first-order chi connectivity index (χ1) is 11.4. The highest BCUT2D eigenvalue weighted by atomic mass is 32.1. The van der Waals surface area contributed by atoms with Gasteiger partial charge in [0.15, 0.2) is 0 Å². The number of thiophene rings is 1. The zero-order valence-corrected chi connectivity index (χ0v) is 13.0. The second-order valence-electron chi connectivity index (χ2n) is 5.67. The lowest BCUT2D eigenvalue weighted by atomic mass is 10.1. The van der Waals surface area contributed by atoms with Crippen molar-refractivity contribution in [3.63, 3.8) is 0 Å². The van der Waals surface area contributed by atoms with Crippen LogP contribution in [0.1, 0.15) is 16.7 Å². The molecule has 0 unspecified atom stereocenters. The molecule has 23 heavy (non-hydrogen) atoms. The lowest BCUT2D eigenvalue weighted by molar-refractivity contribution is 0.591. The van der Waals surface area contributed by atoms with E-state index in [0.29, 0.717) is 6.54 Å². The van der Waals surface area contributed by atoms with E-state index < -0.39 is 0 Å². The van der Waals surface area contributed by atoms with Gasteiger partial charge in [-0.1, -0.05) is 18.2 Å². The summed E-state index contributed by atoms with van der Waals surface area (Å²) >= 11 is 1.70. The van der Waals surface area contributed by atoms with Crippen LogP contribution >= 0.6 is 11.3 Å². The minimum absolute atomic E-state index is 0.698. The maximum atomic E-state index is 4.52. The van der Waals surface area contributed by atoms with Crippen LogP contribution in [0.3, 0.4) is 0 Å². The number of hydrogen-bond donors (Lipinski definition) is 1. The Hall–Kier alpha value is -2.73. The standard InChI is InChI=1S/C17H13N5S/c1-2-14-13(7-11(1)9-22-18-4-5-19-22)8-15-16(20-21-17(14)15)12-3-6-23-10-12/h1-7,10H,8-9H2,(H,20,21). The van der Waals surface area contributed by atoms with Crippen LogP contribution in [0.5, 0.6) is 0 Å². The average molecular weight is 319 g/mol. The van der Waals surface area contributed by atoms with Crippen molar-refractivity contribution in [1.29, 1.82) is 0 Å². The van der Waals surface area contributed by atoms with E-state index in [1.807, 2.05) is 0 Å². The molecule has 4 aromatic rings. The lowest BCUT2D eigenvalue weighted by Gasteiger charge is -2.05. The largest absolute Gasteiger partial charge is 0.277 e. The number of hydrogen-bond acceptors (Lipinski definition) is 4. The fourth-order valence-electron chi connectivity index (χ4n) is 3.21. The van der Waals surface area contributed by atoms with Gasteiger partial charge in [-0.25, -0.2) is 0 Å². The number of aromatic nitrogens is 5. The Bertz CT molecular complexity index is 967. The summed E-state index contributed by atoms with van der Waals surface area (Å²) in [6.45, 7) is 0.698. The minimum Gasteiger partial charge on any atom is -0.277 e. The first-order valence-electron chi connectivity index (χ1n) is 7.44. The van der Waals surface area contributed by atoms with Crippen molar-refractivity contribution in [1.82, 2.24) is 25.2 Å². The van der Waals surface area contributed by atoms with Crippen LogP contribution in [0.25, 0.3) is 22.5 Å². The molecule has 1 aromatic carbocycles. The SMILES string of the molecule is c1cnn(Cc2ccc3c(c2)Cc2c(-c4ccsc4)n[nH]c2-3)n1. The summed E-state index contributed by atoms with van der Waals surface area (Å²) in [7, 11) is 0. The van der Waals surface area contributed by atoms with Crippen LogP contribution in [0.15, 0.2) is 47.4 Å². The van der Waals surface area contributed by atoms with Crippen molar-refractivity contribution >= 4 is 11.3 Å². The average Bonchev–Trinajstić information content (AvgIpc) is 3.32. The molecule has 0 fully saturated rings. The van der Waals surface area contributed by atoms with Gasteiger partial charge in [0, 0.05) is 28.5 Å². The Morgan fingerprint density at radius 2 is 2.09 bits per heavy atom. The predicted octanol–water partition coefficient (Wildman–Crippen LogP) is 3.35. The molecule has 3 heterocycles. The number of aromatic amines is 1. The number of nitrogens with one attached hydrogen (secondary N) is 1. The Kier molecular flexibility index (Phi) is 2.72. The van der Waals surface area contributed by atoms with Crippen LogP contribution in [-0.2, 0) is 13.0 Å². The highest BCUT2D eigenvalue weighted by Gasteiger charge is 2.25. The van der Waals surface area contributed by atoms with E-state index >= 15 is 0 Å². The van der Waals surface area contributed by atoms with E-state index in [-0.39, 0.29) is 0 Å². The van der Waals surface area contributed by atoms with Gasteiger partial charge in [0.05, 0.1) is 30.3 Å². The van der Waals surface area contributed by atoms with E-state index in [1.165, 1.54) is 27.8 Å². The summed E-state index contributed by atoms with van der Waals surface area (Å²) in [6, 6.07) is 8.70. The van der Waals surface area contributed by atoms with Crippen molar-refractivity contribution in [2.24, 2.45) is 0 Å². The Morgan fingerprint density at radius 3 is 2.91 bits per heavy atom. The van der Waals surface area contributed by atoms with Crippen LogP contribution in [-0.4, -0.2) is 25.2 Å². The number of rotatable bonds is 3. The molecule has 3 aromatic heterocycles. The third kappa shape index (κ3) is 2.03. The normalized spacial score (nSPS) is 12.3. The summed E-state index contributed by atoms with van der Waals surface area (Å²) in [5.74, 6) is 0. The van der Waals surface area contributed by atoms with Gasteiger partial charge in [0.25, 0.3) is 0 Å². The molecule has 6 heteroatoms. The molecule has 0 amide bonds. The van der Waals surface area contributed by atoms with E-state index in [0.717, 1.165) is 17.8 Å². The Morgan fingerprint density at radius 1 is 1.17 bits per heavy atom. The molecule has 0 aliphatic heterocycles. The van der Waals surface area contributed by atoms with Crippen molar-refractivity contribution < 1.29 is 0 Å². The molecule has 1 N–H and O–H groups in total. The van der Waals surface area contributed by atoms with Gasteiger partial charge in [-0.05, 0) is 22.6 Å². The smallest absolute Gasteiger partial charge is 0.0970 e. The molecule has 0 spiro atoms. The van der Waals surface area contributed by atoms with Gasteiger partial charge in [-0.15, -0.1) is 0 Å². The monoisotopic (exact) mass is 319 g/mol. The van der Waals surface area contributed by atoms with E-state index in [9.17, 15) is 0 Å². The topological polar surface area (TPSA) is 59.4 Å². The number of nitrogens with zero attached hydrogens (tertiary/aromatic N) is 4. The first-order valence-corrected chi connectivity index (χ1v) is 8.39. The van der Waals surface area contributed by atoms with Crippen LogP contribution in [0.4, 0.5) is 0 Å². The molecular weight excluding hydrogens is 306 g/mol. The summed E-state index contributed by atoms with van der Waals surface area (Å²) in [5, 5.41) is 20.3. The molecule has 1 aliphatic rings. The number of H-pyrrole nitrogens is 1. The zero-order valence-electron chi connectivity index (χ0n) is 12.2. The van der Waals surface area contributed by atoms with Gasteiger partial charge in [0.1, 0.15) is 0 Å². The number of benzene rings is 1. The lowest BCUT2D eigenvalue weighted by Crippen LogP contribution is -2.03. The maximum absolute atomic E-state index is 4.52. The van der Waals surface area contributed by atoms with E-state index in [1.54, 1.807) is 28.5 Å². The van der Waals surface area contributed by atoms with Gasteiger partial charge in [-0.3, -0.25) is 5.10 Å². The van der Waals surface area contributed by atoms with Crippen molar-refractivity contribution in [2.75, 3.05) is 0 Å². The van der Waals surface area contributed by atoms with E-state index in [2.05, 4.69) is 55.4 Å². The Balaban J connectivity index is 1.52. The van der Waals surface area contributed by atoms with Crippen molar-refractivity contribution in [3.8, 4) is 22.5 Å². The third-order valence-electron chi connectivity index (χ3n) is 4.26. The molecule has 0 radical (unpaired) electrons. The molecule has 5 rings (SSSR count). The quantitative estimate of drug-likeness (QED) is 0.555. The molecular formula is C17H13N5S. The molecule has 0 atom stereocenters. The zero-order chi connectivity index (χ0) is 15.2. The van der Waals surface area contributed by atoms with Crippen molar-refractivity contribution in [2.45, 2.75) is 13.0 Å². The first kappa shape index (κ1) is 12.8. The summed E-state index contributed by atoms with van der Waals surface area (Å²) in [5.41, 5.74) is 8.54. The molecule has 5 nitrogen and oxygen atoms in total.